The fraction of sp³-hybridized carbons (Fsp3) is 0.125. The van der Waals surface area contributed by atoms with Crippen molar-refractivity contribution in [2.45, 2.75) is 0 Å². The van der Waals surface area contributed by atoms with E-state index in [1.807, 2.05) is 50.5 Å². The van der Waals surface area contributed by atoms with Gasteiger partial charge in [0.15, 0.2) is 0 Å². The molecule has 0 unspecified atom stereocenters. The molecule has 0 radical (unpaired) electrons. The Morgan fingerprint density at radius 2 is 1.65 bits per heavy atom. The summed E-state index contributed by atoms with van der Waals surface area (Å²) < 4.78 is 0. The minimum atomic E-state index is 0.827. The van der Waals surface area contributed by atoms with Crippen LogP contribution in [0.2, 0.25) is 0 Å². The largest absolute Gasteiger partial charge is 0.378 e. The second-order valence-electron chi connectivity index (χ2n) is 4.81. The van der Waals surface area contributed by atoms with Gasteiger partial charge in [-0.3, -0.25) is 0 Å². The first-order valence-corrected chi connectivity index (χ1v) is 6.48. The van der Waals surface area contributed by atoms with Gasteiger partial charge in [-0.15, -0.1) is 0 Å². The van der Waals surface area contributed by atoms with E-state index in [9.17, 15) is 0 Å². The van der Waals surface area contributed by atoms with Crippen molar-refractivity contribution in [3.63, 3.8) is 0 Å². The lowest BCUT2D eigenvalue weighted by molar-refractivity contribution is 1.13. The van der Waals surface area contributed by atoms with Crippen molar-refractivity contribution in [3.8, 4) is 0 Å². The van der Waals surface area contributed by atoms with Crippen LogP contribution < -0.4 is 10.2 Å². The Bertz CT molecular complexity index is 715. The van der Waals surface area contributed by atoms with Gasteiger partial charge in [0, 0.05) is 30.9 Å². The summed E-state index contributed by atoms with van der Waals surface area (Å²) in [7, 11) is 4.06. The second-order valence-corrected chi connectivity index (χ2v) is 4.81. The van der Waals surface area contributed by atoms with Gasteiger partial charge in [0.1, 0.15) is 12.1 Å². The van der Waals surface area contributed by atoms with Gasteiger partial charge in [0.05, 0.1) is 5.52 Å². The maximum Gasteiger partial charge on any atom is 0.141 e. The number of para-hydroxylation sites is 1. The fourth-order valence-electron chi connectivity index (χ4n) is 2.08. The van der Waals surface area contributed by atoms with Crippen LogP contribution in [0.15, 0.2) is 54.9 Å². The summed E-state index contributed by atoms with van der Waals surface area (Å²) >= 11 is 0. The van der Waals surface area contributed by atoms with Crippen LogP contribution in [0.4, 0.5) is 17.2 Å². The molecule has 1 N–H and O–H groups in total. The highest BCUT2D eigenvalue weighted by Gasteiger charge is 2.03. The lowest BCUT2D eigenvalue weighted by Gasteiger charge is -2.13. The SMILES string of the molecule is CN(C)c1ccc(Nc2ncnc3ccccc23)cc1. The minimum Gasteiger partial charge on any atom is -0.378 e. The lowest BCUT2D eigenvalue weighted by Crippen LogP contribution is -2.08. The van der Waals surface area contributed by atoms with Crippen molar-refractivity contribution < 1.29 is 0 Å². The number of nitrogens with zero attached hydrogens (tertiary/aromatic N) is 3. The molecule has 4 nitrogen and oxygen atoms in total. The minimum absolute atomic E-state index is 0.827. The molecule has 0 atom stereocenters. The van der Waals surface area contributed by atoms with E-state index in [0.29, 0.717) is 0 Å². The monoisotopic (exact) mass is 264 g/mol. The van der Waals surface area contributed by atoms with Gasteiger partial charge in [-0.2, -0.15) is 0 Å². The smallest absolute Gasteiger partial charge is 0.141 e. The quantitative estimate of drug-likeness (QED) is 0.786. The Kier molecular flexibility index (Phi) is 3.21. The van der Waals surface area contributed by atoms with Gasteiger partial charge in [0.2, 0.25) is 0 Å². The topological polar surface area (TPSA) is 41.0 Å². The van der Waals surface area contributed by atoms with Crippen molar-refractivity contribution in [2.75, 3.05) is 24.3 Å². The van der Waals surface area contributed by atoms with Crippen molar-refractivity contribution in [1.82, 2.24) is 9.97 Å². The molecule has 0 bridgehead atoms. The average molecular weight is 264 g/mol. The van der Waals surface area contributed by atoms with Gasteiger partial charge >= 0.3 is 0 Å². The molecule has 1 aromatic heterocycles. The first kappa shape index (κ1) is 12.4. The van der Waals surface area contributed by atoms with Crippen molar-refractivity contribution >= 4 is 28.1 Å². The first-order chi connectivity index (χ1) is 9.74. The molecule has 0 aliphatic rings. The molecule has 0 aliphatic heterocycles. The highest BCUT2D eigenvalue weighted by atomic mass is 15.1. The van der Waals surface area contributed by atoms with Crippen LogP contribution in [0.1, 0.15) is 0 Å². The summed E-state index contributed by atoms with van der Waals surface area (Å²) in [6.07, 6.45) is 1.58. The molecule has 20 heavy (non-hydrogen) atoms. The van der Waals surface area contributed by atoms with Crippen LogP contribution in [0.5, 0.6) is 0 Å². The third-order valence-corrected chi connectivity index (χ3v) is 3.19. The molecule has 2 aromatic carbocycles. The maximum atomic E-state index is 4.33. The molecular weight excluding hydrogens is 248 g/mol. The molecule has 0 fully saturated rings. The highest BCUT2D eigenvalue weighted by molar-refractivity contribution is 5.90. The summed E-state index contributed by atoms with van der Waals surface area (Å²) in [5, 5.41) is 4.36. The summed E-state index contributed by atoms with van der Waals surface area (Å²) in [5.41, 5.74) is 3.12. The average Bonchev–Trinajstić information content (AvgIpc) is 2.48. The summed E-state index contributed by atoms with van der Waals surface area (Å²) in [6, 6.07) is 16.2. The van der Waals surface area contributed by atoms with Gasteiger partial charge < -0.3 is 10.2 Å². The van der Waals surface area contributed by atoms with Crippen LogP contribution in [0.25, 0.3) is 10.9 Å². The van der Waals surface area contributed by atoms with Crippen LogP contribution >= 0.6 is 0 Å². The van der Waals surface area contributed by atoms with E-state index in [2.05, 4.69) is 32.3 Å². The number of fused-ring (bicyclic) bond motifs is 1. The predicted octanol–water partition coefficient (Wildman–Crippen LogP) is 3.44. The zero-order chi connectivity index (χ0) is 13.9. The molecule has 4 heteroatoms. The number of anilines is 3. The first-order valence-electron chi connectivity index (χ1n) is 6.48. The van der Waals surface area contributed by atoms with Crippen molar-refractivity contribution in [1.29, 1.82) is 0 Å². The molecule has 0 saturated heterocycles. The van der Waals surface area contributed by atoms with Crippen LogP contribution in [0.3, 0.4) is 0 Å². The molecule has 1 heterocycles. The summed E-state index contributed by atoms with van der Waals surface area (Å²) in [4.78, 5) is 10.7. The van der Waals surface area contributed by atoms with Crippen molar-refractivity contribution in [2.24, 2.45) is 0 Å². The molecule has 0 saturated carbocycles. The van der Waals surface area contributed by atoms with Gasteiger partial charge in [0.25, 0.3) is 0 Å². The highest BCUT2D eigenvalue weighted by Crippen LogP contribution is 2.23. The maximum absolute atomic E-state index is 4.33. The lowest BCUT2D eigenvalue weighted by atomic mass is 10.2. The fourth-order valence-corrected chi connectivity index (χ4v) is 2.08. The van der Waals surface area contributed by atoms with E-state index in [1.165, 1.54) is 5.69 Å². The second kappa shape index (κ2) is 5.17. The summed E-state index contributed by atoms with van der Waals surface area (Å²) in [6.45, 7) is 0. The zero-order valence-electron chi connectivity index (χ0n) is 11.5. The van der Waals surface area contributed by atoms with E-state index in [1.54, 1.807) is 6.33 Å². The number of aromatic nitrogens is 2. The van der Waals surface area contributed by atoms with E-state index in [4.69, 9.17) is 0 Å². The Morgan fingerprint density at radius 3 is 2.40 bits per heavy atom. The molecular formula is C16H16N4. The summed E-state index contributed by atoms with van der Waals surface area (Å²) in [5.74, 6) is 0.827. The Balaban J connectivity index is 1.93. The third-order valence-electron chi connectivity index (χ3n) is 3.19. The molecule has 3 aromatic rings. The van der Waals surface area contributed by atoms with Gasteiger partial charge in [-0.25, -0.2) is 9.97 Å². The molecule has 0 amide bonds. The van der Waals surface area contributed by atoms with E-state index >= 15 is 0 Å². The number of benzene rings is 2. The van der Waals surface area contributed by atoms with Gasteiger partial charge in [-0.1, -0.05) is 12.1 Å². The number of nitrogens with one attached hydrogen (secondary N) is 1. The Morgan fingerprint density at radius 1 is 0.900 bits per heavy atom. The molecule has 3 rings (SSSR count). The molecule has 0 aliphatic carbocycles. The number of hydrogen-bond acceptors (Lipinski definition) is 4. The van der Waals surface area contributed by atoms with Crippen LogP contribution in [0, 0.1) is 0 Å². The number of hydrogen-bond donors (Lipinski definition) is 1. The third kappa shape index (κ3) is 2.40. The zero-order valence-corrected chi connectivity index (χ0v) is 11.5. The van der Waals surface area contributed by atoms with Crippen molar-refractivity contribution in [3.05, 3.63) is 54.9 Å². The predicted molar refractivity (Wildman–Crippen MR) is 83.6 cm³/mol. The van der Waals surface area contributed by atoms with Crippen LogP contribution in [-0.2, 0) is 0 Å². The Labute approximate surface area is 118 Å². The molecule has 100 valence electrons. The molecule has 0 spiro atoms. The number of rotatable bonds is 3. The normalized spacial score (nSPS) is 10.5. The Hall–Kier alpha value is -2.62. The van der Waals surface area contributed by atoms with Gasteiger partial charge in [-0.05, 0) is 36.4 Å². The standard InChI is InChI=1S/C16H16N4/c1-20(2)13-9-7-12(8-10-13)19-16-14-5-3-4-6-15(14)17-11-18-16/h3-11H,1-2H3,(H,17,18,19). The van der Waals surface area contributed by atoms with Crippen LogP contribution in [-0.4, -0.2) is 24.1 Å². The van der Waals surface area contributed by atoms with E-state index in [-0.39, 0.29) is 0 Å². The van der Waals surface area contributed by atoms with E-state index in [0.717, 1.165) is 22.4 Å². The van der Waals surface area contributed by atoms with E-state index < -0.39 is 0 Å².